The summed E-state index contributed by atoms with van der Waals surface area (Å²) in [6, 6.07) is 12.6. The summed E-state index contributed by atoms with van der Waals surface area (Å²) in [5.74, 6) is 0.178. The molecule has 1 saturated heterocycles. The minimum Gasteiger partial charge on any atom is -0.497 e. The lowest BCUT2D eigenvalue weighted by Gasteiger charge is -2.43. The Kier molecular flexibility index (Phi) is 8.44. The van der Waals surface area contributed by atoms with E-state index < -0.39 is 5.41 Å². The molecule has 1 aliphatic heterocycles. The average molecular weight is 514 g/mol. The van der Waals surface area contributed by atoms with Crippen LogP contribution in [0.1, 0.15) is 56.2 Å². The van der Waals surface area contributed by atoms with E-state index in [9.17, 15) is 14.4 Å². The molecule has 3 aromatic rings. The third kappa shape index (κ3) is 5.33. The monoisotopic (exact) mass is 513 g/mol. The molecule has 0 aliphatic carbocycles. The molecule has 8 heteroatoms. The number of hydrogen-bond donors (Lipinski definition) is 2. The Labute approximate surface area is 216 Å². The van der Waals surface area contributed by atoms with E-state index in [0.717, 1.165) is 28.6 Å². The Morgan fingerprint density at radius 3 is 2.69 bits per heavy atom. The number of aryl methyl sites for hydroxylation is 1. The number of ether oxygens (including phenoxy) is 1. The van der Waals surface area contributed by atoms with E-state index in [4.69, 9.17) is 16.3 Å². The average Bonchev–Trinajstić information content (AvgIpc) is 2.91. The maximum Gasteiger partial charge on any atom is 0.249 e. The van der Waals surface area contributed by atoms with Gasteiger partial charge in [0.05, 0.1) is 23.1 Å². The lowest BCUT2D eigenvalue weighted by molar-refractivity contribution is -0.144. The minimum atomic E-state index is -0.689. The molecule has 2 heterocycles. The maximum absolute atomic E-state index is 14.5. The van der Waals surface area contributed by atoms with E-state index in [2.05, 4.69) is 16.8 Å². The predicted octanol–water partition coefficient (Wildman–Crippen LogP) is 6.10. The van der Waals surface area contributed by atoms with Crippen LogP contribution in [-0.2, 0) is 11.2 Å². The van der Waals surface area contributed by atoms with Crippen molar-refractivity contribution in [3.63, 3.8) is 0 Å². The van der Waals surface area contributed by atoms with Crippen molar-refractivity contribution in [1.82, 2.24) is 15.4 Å². The van der Waals surface area contributed by atoms with Crippen LogP contribution in [0.4, 0.5) is 4.39 Å². The summed E-state index contributed by atoms with van der Waals surface area (Å²) in [5, 5.41) is 11.1. The van der Waals surface area contributed by atoms with Crippen molar-refractivity contribution < 1.29 is 19.1 Å². The molecule has 1 fully saturated rings. The summed E-state index contributed by atoms with van der Waals surface area (Å²) in [7, 11) is 1.62. The van der Waals surface area contributed by atoms with E-state index in [1.54, 1.807) is 19.4 Å². The second kappa shape index (κ2) is 11.5. The number of amides is 1. The van der Waals surface area contributed by atoms with Gasteiger partial charge in [-0.15, -0.1) is 0 Å². The van der Waals surface area contributed by atoms with Crippen molar-refractivity contribution in [3.05, 3.63) is 70.6 Å². The van der Waals surface area contributed by atoms with E-state index in [-0.39, 0.29) is 17.8 Å². The number of pyridine rings is 1. The van der Waals surface area contributed by atoms with Crippen molar-refractivity contribution in [3.8, 4) is 5.75 Å². The minimum absolute atomic E-state index is 0.0432. The standard InChI is InChI=1S/C28H33ClFN3O3/c1-3-26(21-7-4-5-9-24(21)30)33-15-13-28(14-16-33,27(34)32-35)12-6-8-20-22-17-19(36-2)10-11-25(22)31-18-23(20)29/h4-5,7,9-11,17-18,26,35H,3,6,8,12-16H2,1-2H3,(H,32,34). The molecule has 1 amide bonds. The fourth-order valence-corrected chi connectivity index (χ4v) is 5.82. The number of carbonyl (C=O) groups is 1. The van der Waals surface area contributed by atoms with Gasteiger partial charge in [0, 0.05) is 23.2 Å². The summed E-state index contributed by atoms with van der Waals surface area (Å²) in [6.45, 7) is 3.35. The van der Waals surface area contributed by atoms with Crippen LogP contribution in [0, 0.1) is 11.2 Å². The number of nitrogens with one attached hydrogen (secondary N) is 1. The Morgan fingerprint density at radius 1 is 1.28 bits per heavy atom. The first-order valence-corrected chi connectivity index (χ1v) is 12.8. The van der Waals surface area contributed by atoms with Crippen LogP contribution in [0.25, 0.3) is 10.9 Å². The van der Waals surface area contributed by atoms with Gasteiger partial charge in [-0.2, -0.15) is 0 Å². The molecule has 36 heavy (non-hydrogen) atoms. The molecule has 1 aliphatic rings. The number of methoxy groups -OCH3 is 1. The first-order chi connectivity index (χ1) is 17.4. The highest BCUT2D eigenvalue weighted by Gasteiger charge is 2.42. The van der Waals surface area contributed by atoms with Crippen molar-refractivity contribution in [2.24, 2.45) is 5.41 Å². The molecule has 6 nitrogen and oxygen atoms in total. The topological polar surface area (TPSA) is 74.7 Å². The summed E-state index contributed by atoms with van der Waals surface area (Å²) >= 11 is 6.53. The number of carbonyl (C=O) groups excluding carboxylic acids is 1. The van der Waals surface area contributed by atoms with Crippen molar-refractivity contribution in [1.29, 1.82) is 0 Å². The van der Waals surface area contributed by atoms with Gasteiger partial charge in [-0.25, -0.2) is 9.87 Å². The zero-order chi connectivity index (χ0) is 25.7. The number of piperidine rings is 1. The fourth-order valence-electron chi connectivity index (χ4n) is 5.58. The Balaban J connectivity index is 1.48. The highest BCUT2D eigenvalue weighted by Crippen LogP contribution is 2.41. The molecule has 0 spiro atoms. The first-order valence-electron chi connectivity index (χ1n) is 12.5. The molecule has 2 N–H and O–H groups in total. The molecule has 0 bridgehead atoms. The predicted molar refractivity (Wildman–Crippen MR) is 139 cm³/mol. The van der Waals surface area contributed by atoms with Gasteiger partial charge in [0.2, 0.25) is 5.91 Å². The number of nitrogens with zero attached hydrogens (tertiary/aromatic N) is 2. The lowest BCUT2D eigenvalue weighted by atomic mass is 9.73. The SMILES string of the molecule is CCC(c1ccccc1F)N1CCC(CCCc2c(Cl)cnc3ccc(OC)cc23)(C(=O)NO)CC1. The quantitative estimate of drug-likeness (QED) is 0.267. The Morgan fingerprint density at radius 2 is 2.03 bits per heavy atom. The van der Waals surface area contributed by atoms with Gasteiger partial charge in [-0.3, -0.25) is 19.9 Å². The summed E-state index contributed by atoms with van der Waals surface area (Å²) < 4.78 is 19.9. The summed E-state index contributed by atoms with van der Waals surface area (Å²) in [6.07, 6.45) is 5.60. The molecule has 192 valence electrons. The highest BCUT2D eigenvalue weighted by atomic mass is 35.5. The van der Waals surface area contributed by atoms with Crippen molar-refractivity contribution in [2.45, 2.75) is 51.5 Å². The van der Waals surface area contributed by atoms with Crippen LogP contribution < -0.4 is 10.2 Å². The van der Waals surface area contributed by atoms with E-state index in [1.807, 2.05) is 35.8 Å². The second-order valence-electron chi connectivity index (χ2n) is 9.52. The second-order valence-corrected chi connectivity index (χ2v) is 9.93. The zero-order valence-corrected chi connectivity index (χ0v) is 21.5. The summed E-state index contributed by atoms with van der Waals surface area (Å²) in [5.41, 5.74) is 3.72. The molecule has 0 radical (unpaired) electrons. The van der Waals surface area contributed by atoms with Crippen LogP contribution >= 0.6 is 11.6 Å². The van der Waals surface area contributed by atoms with Gasteiger partial charge < -0.3 is 4.74 Å². The fraction of sp³-hybridized carbons (Fsp3) is 0.429. The van der Waals surface area contributed by atoms with E-state index >= 15 is 0 Å². The van der Waals surface area contributed by atoms with Gasteiger partial charge in [0.25, 0.3) is 0 Å². The number of halogens is 2. The largest absolute Gasteiger partial charge is 0.497 e. The lowest BCUT2D eigenvalue weighted by Crippen LogP contribution is -2.49. The number of benzene rings is 2. The van der Waals surface area contributed by atoms with E-state index in [0.29, 0.717) is 55.8 Å². The molecule has 1 aromatic heterocycles. The van der Waals surface area contributed by atoms with Crippen LogP contribution in [0.3, 0.4) is 0 Å². The van der Waals surface area contributed by atoms with Crippen LogP contribution in [0.5, 0.6) is 5.75 Å². The van der Waals surface area contributed by atoms with Crippen LogP contribution in [-0.4, -0.2) is 41.2 Å². The van der Waals surface area contributed by atoms with Gasteiger partial charge in [0.1, 0.15) is 11.6 Å². The Hall–Kier alpha value is -2.74. The third-order valence-electron chi connectivity index (χ3n) is 7.65. The number of hydrogen-bond acceptors (Lipinski definition) is 5. The van der Waals surface area contributed by atoms with Crippen LogP contribution in [0.2, 0.25) is 5.02 Å². The van der Waals surface area contributed by atoms with Crippen molar-refractivity contribution >= 4 is 28.4 Å². The molecule has 1 unspecified atom stereocenters. The van der Waals surface area contributed by atoms with E-state index in [1.165, 1.54) is 6.07 Å². The zero-order valence-electron chi connectivity index (χ0n) is 20.8. The van der Waals surface area contributed by atoms with Crippen molar-refractivity contribution in [2.75, 3.05) is 20.2 Å². The normalized spacial score (nSPS) is 16.6. The summed E-state index contributed by atoms with van der Waals surface area (Å²) in [4.78, 5) is 19.5. The van der Waals surface area contributed by atoms with Gasteiger partial charge in [-0.1, -0.05) is 36.7 Å². The first kappa shape index (κ1) is 26.3. The smallest absolute Gasteiger partial charge is 0.249 e. The molecule has 4 rings (SSSR count). The number of fused-ring (bicyclic) bond motifs is 1. The number of rotatable bonds is 9. The number of likely N-dealkylation sites (tertiary alicyclic amines) is 1. The molecule has 0 saturated carbocycles. The molecule has 2 aromatic carbocycles. The van der Waals surface area contributed by atoms with Gasteiger partial charge in [0.15, 0.2) is 0 Å². The third-order valence-corrected chi connectivity index (χ3v) is 7.97. The molecular weight excluding hydrogens is 481 g/mol. The van der Waals surface area contributed by atoms with Gasteiger partial charge >= 0.3 is 0 Å². The number of hydroxylamine groups is 1. The highest BCUT2D eigenvalue weighted by molar-refractivity contribution is 6.32. The van der Waals surface area contributed by atoms with Gasteiger partial charge in [-0.05, 0) is 81.4 Å². The maximum atomic E-state index is 14.5. The van der Waals surface area contributed by atoms with Crippen LogP contribution in [0.15, 0.2) is 48.7 Å². The molecular formula is C28H33ClFN3O3. The molecule has 1 atom stereocenters. The number of aromatic nitrogens is 1. The Bertz CT molecular complexity index is 1210.